The van der Waals surface area contributed by atoms with Crippen molar-refractivity contribution in [3.05, 3.63) is 65.5 Å². The third-order valence-corrected chi connectivity index (χ3v) is 3.76. The van der Waals surface area contributed by atoms with Gasteiger partial charge in [-0.15, -0.1) is 0 Å². The Bertz CT molecular complexity index is 791. The molecule has 0 aliphatic heterocycles. The van der Waals surface area contributed by atoms with E-state index in [0.717, 1.165) is 11.3 Å². The lowest BCUT2D eigenvalue weighted by Gasteiger charge is -2.14. The molecule has 0 saturated carbocycles. The van der Waals surface area contributed by atoms with E-state index in [0.29, 0.717) is 31.2 Å². The van der Waals surface area contributed by atoms with E-state index in [2.05, 4.69) is 20.9 Å². The Hall–Kier alpha value is -2.93. The van der Waals surface area contributed by atoms with Gasteiger partial charge in [-0.3, -0.25) is 9.79 Å². The van der Waals surface area contributed by atoms with Gasteiger partial charge in [-0.1, -0.05) is 30.3 Å². The Morgan fingerprint density at radius 1 is 1.07 bits per heavy atom. The molecule has 27 heavy (non-hydrogen) atoms. The van der Waals surface area contributed by atoms with Crippen molar-refractivity contribution >= 4 is 17.6 Å². The highest BCUT2D eigenvalue weighted by molar-refractivity contribution is 5.92. The van der Waals surface area contributed by atoms with Crippen LogP contribution < -0.4 is 16.0 Å². The van der Waals surface area contributed by atoms with Gasteiger partial charge in [-0.25, -0.2) is 4.39 Å². The lowest BCUT2D eigenvalue weighted by molar-refractivity contribution is -0.116. The number of carbonyl (C=O) groups is 1. The number of carbonyl (C=O) groups excluding carboxylic acids is 1. The van der Waals surface area contributed by atoms with Crippen molar-refractivity contribution in [3.63, 3.8) is 0 Å². The van der Waals surface area contributed by atoms with Gasteiger partial charge in [-0.05, 0) is 37.9 Å². The Balaban J connectivity index is 1.88. The highest BCUT2D eigenvalue weighted by Gasteiger charge is 2.05. The lowest BCUT2D eigenvalue weighted by atomic mass is 10.2. The van der Waals surface area contributed by atoms with Crippen LogP contribution in [0.4, 0.5) is 10.1 Å². The molecule has 0 spiro atoms. The molecule has 0 aromatic heterocycles. The average Bonchev–Trinajstić information content (AvgIpc) is 2.62. The van der Waals surface area contributed by atoms with E-state index >= 15 is 0 Å². The van der Waals surface area contributed by atoms with Crippen molar-refractivity contribution in [1.29, 1.82) is 0 Å². The van der Waals surface area contributed by atoms with Gasteiger partial charge >= 0.3 is 0 Å². The van der Waals surface area contributed by atoms with Crippen molar-refractivity contribution in [3.8, 4) is 0 Å². The van der Waals surface area contributed by atoms with Crippen LogP contribution in [0, 0.1) is 5.82 Å². The maximum atomic E-state index is 13.7. The molecular formula is C20H26FN5O. The number of anilines is 1. The van der Waals surface area contributed by atoms with Gasteiger partial charge in [0.05, 0.1) is 6.54 Å². The molecule has 7 heteroatoms. The number of likely N-dealkylation sites (N-methyl/N-ethyl adjacent to an activating group) is 1. The van der Waals surface area contributed by atoms with Crippen LogP contribution >= 0.6 is 0 Å². The first-order chi connectivity index (χ1) is 13.0. The summed E-state index contributed by atoms with van der Waals surface area (Å²) in [5, 5.41) is 9.14. The predicted octanol–water partition coefficient (Wildman–Crippen LogP) is 2.19. The number of hydrogen-bond donors (Lipinski definition) is 3. The van der Waals surface area contributed by atoms with Crippen molar-refractivity contribution < 1.29 is 9.18 Å². The van der Waals surface area contributed by atoms with Gasteiger partial charge in [0.1, 0.15) is 5.82 Å². The second-order valence-corrected chi connectivity index (χ2v) is 6.36. The van der Waals surface area contributed by atoms with Crippen molar-refractivity contribution in [1.82, 2.24) is 15.5 Å². The van der Waals surface area contributed by atoms with E-state index in [1.807, 2.05) is 43.3 Å². The summed E-state index contributed by atoms with van der Waals surface area (Å²) in [4.78, 5) is 17.8. The van der Waals surface area contributed by atoms with Crippen LogP contribution in [0.25, 0.3) is 0 Å². The van der Waals surface area contributed by atoms with Crippen LogP contribution in [0.1, 0.15) is 11.1 Å². The fourth-order valence-electron chi connectivity index (χ4n) is 2.47. The molecule has 0 saturated heterocycles. The lowest BCUT2D eigenvalue weighted by Crippen LogP contribution is -2.36. The molecule has 0 aliphatic rings. The number of hydrogen-bond acceptors (Lipinski definition) is 3. The molecule has 0 bridgehead atoms. The van der Waals surface area contributed by atoms with Crippen LogP contribution in [-0.4, -0.2) is 44.5 Å². The minimum Gasteiger partial charge on any atom is -0.352 e. The minimum atomic E-state index is -0.249. The smallest absolute Gasteiger partial charge is 0.238 e. The summed E-state index contributed by atoms with van der Waals surface area (Å²) in [7, 11) is 5.36. The van der Waals surface area contributed by atoms with Crippen LogP contribution in [0.3, 0.4) is 0 Å². The number of rotatable bonds is 7. The van der Waals surface area contributed by atoms with Crippen LogP contribution in [0.2, 0.25) is 0 Å². The fourth-order valence-corrected chi connectivity index (χ4v) is 2.47. The summed E-state index contributed by atoms with van der Waals surface area (Å²) < 4.78 is 13.7. The maximum absolute atomic E-state index is 13.7. The SMILES string of the molecule is CN=C(NCc1cccc(NC(=O)CN(C)C)c1)NCc1ccccc1F. The molecule has 2 aromatic rings. The zero-order valence-electron chi connectivity index (χ0n) is 15.9. The third kappa shape index (κ3) is 7.07. The standard InChI is InChI=1S/C20H26FN5O/c1-22-20(24-13-16-8-4-5-10-18(16)21)23-12-15-7-6-9-17(11-15)25-19(27)14-26(2)3/h4-11H,12-14H2,1-3H3,(H,25,27)(H2,22,23,24). The maximum Gasteiger partial charge on any atom is 0.238 e. The molecule has 144 valence electrons. The molecule has 6 nitrogen and oxygen atoms in total. The van der Waals surface area contributed by atoms with Gasteiger partial charge in [0, 0.05) is 31.4 Å². The van der Waals surface area contributed by atoms with Gasteiger partial charge in [0.2, 0.25) is 5.91 Å². The molecule has 0 fully saturated rings. The van der Waals surface area contributed by atoms with Gasteiger partial charge in [-0.2, -0.15) is 0 Å². The van der Waals surface area contributed by atoms with E-state index in [1.54, 1.807) is 25.2 Å². The molecule has 0 radical (unpaired) electrons. The van der Waals surface area contributed by atoms with Gasteiger partial charge in [0.15, 0.2) is 5.96 Å². The summed E-state index contributed by atoms with van der Waals surface area (Å²) in [6.07, 6.45) is 0. The summed E-state index contributed by atoms with van der Waals surface area (Å²) in [5.74, 6) is 0.259. The zero-order chi connectivity index (χ0) is 19.6. The van der Waals surface area contributed by atoms with Crippen molar-refractivity contribution in [2.75, 3.05) is 33.0 Å². The van der Waals surface area contributed by atoms with Crippen molar-refractivity contribution in [2.24, 2.45) is 4.99 Å². The molecule has 1 amide bonds. The molecule has 0 unspecified atom stereocenters. The predicted molar refractivity (Wildman–Crippen MR) is 107 cm³/mol. The number of aliphatic imine (C=N–C) groups is 1. The quantitative estimate of drug-likeness (QED) is 0.516. The number of guanidine groups is 1. The van der Waals surface area contributed by atoms with Crippen LogP contribution in [0.15, 0.2) is 53.5 Å². The zero-order valence-corrected chi connectivity index (χ0v) is 15.9. The summed E-state index contributed by atoms with van der Waals surface area (Å²) >= 11 is 0. The molecule has 2 aromatic carbocycles. The van der Waals surface area contributed by atoms with E-state index in [4.69, 9.17) is 0 Å². The Labute approximate surface area is 159 Å². The summed E-state index contributed by atoms with van der Waals surface area (Å²) in [6.45, 7) is 1.19. The Morgan fingerprint density at radius 2 is 1.81 bits per heavy atom. The highest BCUT2D eigenvalue weighted by Crippen LogP contribution is 2.10. The molecule has 0 aliphatic carbocycles. The van der Waals surface area contributed by atoms with E-state index in [9.17, 15) is 9.18 Å². The highest BCUT2D eigenvalue weighted by atomic mass is 19.1. The van der Waals surface area contributed by atoms with Crippen LogP contribution in [-0.2, 0) is 17.9 Å². The van der Waals surface area contributed by atoms with E-state index < -0.39 is 0 Å². The number of amides is 1. The first-order valence-corrected chi connectivity index (χ1v) is 8.69. The minimum absolute atomic E-state index is 0.0625. The number of halogens is 1. The second kappa shape index (κ2) is 10.3. The number of nitrogens with zero attached hydrogens (tertiary/aromatic N) is 2. The number of benzene rings is 2. The van der Waals surface area contributed by atoms with E-state index in [1.165, 1.54) is 6.07 Å². The third-order valence-electron chi connectivity index (χ3n) is 3.76. The summed E-state index contributed by atoms with van der Waals surface area (Å²) in [6, 6.07) is 14.2. The molecule has 0 heterocycles. The monoisotopic (exact) mass is 371 g/mol. The van der Waals surface area contributed by atoms with Crippen molar-refractivity contribution in [2.45, 2.75) is 13.1 Å². The molecule has 2 rings (SSSR count). The molecule has 3 N–H and O–H groups in total. The van der Waals surface area contributed by atoms with E-state index in [-0.39, 0.29) is 11.7 Å². The fraction of sp³-hybridized carbons (Fsp3) is 0.300. The Morgan fingerprint density at radius 3 is 2.52 bits per heavy atom. The number of nitrogens with one attached hydrogen (secondary N) is 3. The van der Waals surface area contributed by atoms with Gasteiger partial charge < -0.3 is 20.9 Å². The molecular weight excluding hydrogens is 345 g/mol. The topological polar surface area (TPSA) is 68.8 Å². The Kier molecular flexibility index (Phi) is 7.76. The second-order valence-electron chi connectivity index (χ2n) is 6.36. The van der Waals surface area contributed by atoms with Gasteiger partial charge in [0.25, 0.3) is 0 Å². The van der Waals surface area contributed by atoms with Crippen LogP contribution in [0.5, 0.6) is 0 Å². The normalized spacial score (nSPS) is 11.4. The average molecular weight is 371 g/mol. The first-order valence-electron chi connectivity index (χ1n) is 8.69. The first kappa shape index (κ1) is 20.4. The largest absolute Gasteiger partial charge is 0.352 e. The summed E-state index contributed by atoms with van der Waals surface area (Å²) in [5.41, 5.74) is 2.31. The molecule has 0 atom stereocenters.